The molecule has 67 heavy (non-hydrogen) atoms. The fraction of sp³-hybridized carbons (Fsp3) is 0.138. The molecular formula is C65H52N2. The van der Waals surface area contributed by atoms with Gasteiger partial charge in [-0.15, -0.1) is 0 Å². The first-order valence-electron chi connectivity index (χ1n) is 23.8. The summed E-state index contributed by atoms with van der Waals surface area (Å²) in [7, 11) is 0. The minimum absolute atomic E-state index is 0.0971. The molecule has 10 aromatic carbocycles. The van der Waals surface area contributed by atoms with E-state index in [0.29, 0.717) is 0 Å². The Bertz CT molecular complexity index is 3670. The molecule has 0 fully saturated rings. The van der Waals surface area contributed by atoms with Gasteiger partial charge in [0.05, 0.1) is 0 Å². The lowest BCUT2D eigenvalue weighted by Crippen LogP contribution is -2.24. The molecule has 0 saturated heterocycles. The van der Waals surface area contributed by atoms with Crippen molar-refractivity contribution in [2.75, 3.05) is 9.80 Å². The highest BCUT2D eigenvalue weighted by molar-refractivity contribution is 6.17. The summed E-state index contributed by atoms with van der Waals surface area (Å²) in [6, 6.07) is 77.4. The van der Waals surface area contributed by atoms with Crippen LogP contribution >= 0.6 is 0 Å². The largest absolute Gasteiger partial charge is 0.310 e. The monoisotopic (exact) mass is 860 g/mol. The zero-order valence-electron chi connectivity index (χ0n) is 39.0. The van der Waals surface area contributed by atoms with Crippen molar-refractivity contribution in [3.63, 3.8) is 0 Å². The van der Waals surface area contributed by atoms with Gasteiger partial charge in [0, 0.05) is 50.4 Å². The van der Waals surface area contributed by atoms with Crippen LogP contribution in [0.25, 0.3) is 54.9 Å². The number of benzene rings is 10. The van der Waals surface area contributed by atoms with Gasteiger partial charge in [-0.3, -0.25) is 0 Å². The summed E-state index contributed by atoms with van der Waals surface area (Å²) in [5.74, 6) is 0. The van der Waals surface area contributed by atoms with Crippen LogP contribution in [0.5, 0.6) is 0 Å². The maximum absolute atomic E-state index is 2.47. The van der Waals surface area contributed by atoms with Gasteiger partial charge < -0.3 is 9.80 Å². The van der Waals surface area contributed by atoms with E-state index in [4.69, 9.17) is 0 Å². The number of hydrogen-bond donors (Lipinski definition) is 0. The van der Waals surface area contributed by atoms with E-state index >= 15 is 0 Å². The molecule has 13 rings (SSSR count). The number of anilines is 6. The zero-order chi connectivity index (χ0) is 45.4. The van der Waals surface area contributed by atoms with Crippen LogP contribution < -0.4 is 9.80 Å². The van der Waals surface area contributed by atoms with Crippen LogP contribution in [-0.4, -0.2) is 0 Å². The van der Waals surface area contributed by atoms with Crippen molar-refractivity contribution in [1.29, 1.82) is 0 Å². The second-order valence-corrected chi connectivity index (χ2v) is 20.6. The fourth-order valence-corrected chi connectivity index (χ4v) is 12.3. The molecule has 0 heterocycles. The van der Waals surface area contributed by atoms with E-state index in [0.717, 1.165) is 28.4 Å². The second-order valence-electron chi connectivity index (χ2n) is 20.6. The van der Waals surface area contributed by atoms with E-state index < -0.39 is 0 Å². The number of para-hydroxylation sites is 2. The summed E-state index contributed by atoms with van der Waals surface area (Å²) in [5.41, 5.74) is 22.6. The van der Waals surface area contributed by atoms with Crippen molar-refractivity contribution >= 4 is 55.7 Å². The van der Waals surface area contributed by atoms with Crippen molar-refractivity contribution < 1.29 is 0 Å². The van der Waals surface area contributed by atoms with Gasteiger partial charge in [0.25, 0.3) is 0 Å². The molecule has 0 spiro atoms. The Hall–Kier alpha value is -7.68. The number of rotatable bonds is 6. The van der Waals surface area contributed by atoms with E-state index in [1.54, 1.807) is 0 Å². The van der Waals surface area contributed by atoms with E-state index in [9.17, 15) is 0 Å². The van der Waals surface area contributed by atoms with E-state index in [2.05, 4.69) is 258 Å². The van der Waals surface area contributed by atoms with Gasteiger partial charge >= 0.3 is 0 Å². The van der Waals surface area contributed by atoms with Gasteiger partial charge in [-0.1, -0.05) is 169 Å². The molecule has 0 saturated carbocycles. The Balaban J connectivity index is 0.951. The molecule has 0 amide bonds. The van der Waals surface area contributed by atoms with Gasteiger partial charge in [0.2, 0.25) is 0 Å². The van der Waals surface area contributed by atoms with Crippen molar-refractivity contribution in [2.45, 2.75) is 57.8 Å². The maximum Gasteiger partial charge on any atom is 0.0468 e. The average Bonchev–Trinajstić information content (AvgIpc) is 3.73. The molecule has 0 atom stereocenters. The topological polar surface area (TPSA) is 6.48 Å². The van der Waals surface area contributed by atoms with E-state index in [-0.39, 0.29) is 16.2 Å². The van der Waals surface area contributed by atoms with Gasteiger partial charge in [-0.05, 0) is 167 Å². The highest BCUT2D eigenvalue weighted by atomic mass is 15.1. The molecular weight excluding hydrogens is 809 g/mol. The predicted molar refractivity (Wildman–Crippen MR) is 284 cm³/mol. The first kappa shape index (κ1) is 39.7. The summed E-state index contributed by atoms with van der Waals surface area (Å²) in [4.78, 5) is 4.89. The summed E-state index contributed by atoms with van der Waals surface area (Å²) in [6.45, 7) is 14.3. The van der Waals surface area contributed by atoms with Gasteiger partial charge in [-0.2, -0.15) is 0 Å². The molecule has 322 valence electrons. The minimum atomic E-state index is -0.266. The van der Waals surface area contributed by atoms with Crippen LogP contribution in [0.3, 0.4) is 0 Å². The quantitative estimate of drug-likeness (QED) is 0.154. The lowest BCUT2D eigenvalue weighted by atomic mass is 9.68. The Kier molecular flexibility index (Phi) is 8.38. The van der Waals surface area contributed by atoms with E-state index in [1.165, 1.54) is 94.0 Å². The van der Waals surface area contributed by atoms with Crippen LogP contribution in [0.4, 0.5) is 34.1 Å². The molecule has 0 aromatic heterocycles. The van der Waals surface area contributed by atoms with E-state index in [1.807, 2.05) is 0 Å². The molecule has 0 bridgehead atoms. The first-order chi connectivity index (χ1) is 32.5. The molecule has 0 radical (unpaired) electrons. The normalized spacial score (nSPS) is 15.1. The van der Waals surface area contributed by atoms with Crippen molar-refractivity contribution in [2.24, 2.45) is 0 Å². The zero-order valence-corrected chi connectivity index (χ0v) is 39.0. The molecule has 0 unspecified atom stereocenters. The number of fused-ring (bicyclic) bond motifs is 10. The standard InChI is InChI=1S/C65H52N2/c1-63(2)56-25-15-13-22-48(56)50-33-30-45(38-59(50)63)66(42-18-9-7-10-19-42)44-29-28-41-36-55-52-35-32-47(40-61(52)65(5,6)58-27-17-24-53(62(55)58)54(41)37-44)67(43-20-11-8-12-21-43)46-31-34-51-49-23-14-16-26-57(49)64(3,4)60(51)39-46/h7-40H,1-6H3. The van der Waals surface area contributed by atoms with Gasteiger partial charge in [0.15, 0.2) is 0 Å². The van der Waals surface area contributed by atoms with Crippen LogP contribution in [-0.2, 0) is 16.2 Å². The predicted octanol–water partition coefficient (Wildman–Crippen LogP) is 17.9. The molecule has 3 aliphatic carbocycles. The molecule has 0 N–H and O–H groups in total. The van der Waals surface area contributed by atoms with Crippen LogP contribution in [0.15, 0.2) is 206 Å². The Morgan fingerprint density at radius 2 is 0.642 bits per heavy atom. The van der Waals surface area contributed by atoms with Crippen LogP contribution in [0.2, 0.25) is 0 Å². The van der Waals surface area contributed by atoms with Crippen molar-refractivity contribution in [1.82, 2.24) is 0 Å². The van der Waals surface area contributed by atoms with Gasteiger partial charge in [-0.25, -0.2) is 0 Å². The minimum Gasteiger partial charge on any atom is -0.310 e. The first-order valence-corrected chi connectivity index (χ1v) is 23.8. The molecule has 2 nitrogen and oxygen atoms in total. The Morgan fingerprint density at radius 3 is 1.15 bits per heavy atom. The fourth-order valence-electron chi connectivity index (χ4n) is 12.3. The van der Waals surface area contributed by atoms with Gasteiger partial charge in [0.1, 0.15) is 0 Å². The highest BCUT2D eigenvalue weighted by Gasteiger charge is 2.38. The lowest BCUT2D eigenvalue weighted by Gasteiger charge is -2.37. The number of hydrogen-bond acceptors (Lipinski definition) is 2. The smallest absolute Gasteiger partial charge is 0.0468 e. The molecule has 10 aromatic rings. The van der Waals surface area contributed by atoms with Crippen molar-refractivity contribution in [3.8, 4) is 33.4 Å². The van der Waals surface area contributed by atoms with Crippen molar-refractivity contribution in [3.05, 3.63) is 240 Å². The number of nitrogens with zero attached hydrogens (tertiary/aromatic N) is 2. The molecule has 0 aliphatic heterocycles. The average molecular weight is 861 g/mol. The third-order valence-electron chi connectivity index (χ3n) is 15.8. The summed E-state index contributed by atoms with van der Waals surface area (Å²) in [6.07, 6.45) is 0. The van der Waals surface area contributed by atoms with Crippen LogP contribution in [0, 0.1) is 0 Å². The Morgan fingerprint density at radius 1 is 0.254 bits per heavy atom. The second kappa shape index (κ2) is 14.2. The highest BCUT2D eigenvalue weighted by Crippen LogP contribution is 2.55. The molecule has 2 heteroatoms. The SMILES string of the molecule is CC1(C)c2ccccc2-c2ccc(N(c3ccccc3)c3ccc4c(c3)C(C)(C)c3cccc5c3c-4cc3ccc(N(c4ccccc4)c4ccc6c(c4)C(C)(C)c4ccccc4-6)cc35)cc21. The maximum atomic E-state index is 2.47. The molecule has 3 aliphatic rings. The lowest BCUT2D eigenvalue weighted by molar-refractivity contribution is 0.645. The third kappa shape index (κ3) is 5.69. The summed E-state index contributed by atoms with van der Waals surface area (Å²) in [5, 5.41) is 5.15. The Labute approximate surface area is 394 Å². The summed E-state index contributed by atoms with van der Waals surface area (Å²) >= 11 is 0. The van der Waals surface area contributed by atoms with Crippen LogP contribution in [0.1, 0.15) is 74.9 Å². The summed E-state index contributed by atoms with van der Waals surface area (Å²) < 4.78 is 0. The third-order valence-corrected chi connectivity index (χ3v) is 15.8.